The monoisotopic (exact) mass is 394 g/mol. The molecule has 0 bridgehead atoms. The second kappa shape index (κ2) is 7.11. The predicted octanol–water partition coefficient (Wildman–Crippen LogP) is 3.89. The molecule has 1 atom stereocenters. The third-order valence-electron chi connectivity index (χ3n) is 5.72. The van der Waals surface area contributed by atoms with E-state index in [0.717, 1.165) is 23.8 Å². The largest absolute Gasteiger partial charge is 0.297 e. The van der Waals surface area contributed by atoms with E-state index in [9.17, 15) is 13.2 Å². The van der Waals surface area contributed by atoms with Crippen LogP contribution >= 0.6 is 0 Å². The molecule has 144 valence electrons. The van der Waals surface area contributed by atoms with Gasteiger partial charge in [0.25, 0.3) is 0 Å². The van der Waals surface area contributed by atoms with E-state index in [0.29, 0.717) is 18.2 Å². The van der Waals surface area contributed by atoms with Gasteiger partial charge in [0.05, 0.1) is 4.90 Å². The van der Waals surface area contributed by atoms with Crippen molar-refractivity contribution in [3.05, 3.63) is 72.6 Å². The Bertz CT molecular complexity index is 1120. The van der Waals surface area contributed by atoms with Crippen molar-refractivity contribution in [2.75, 3.05) is 7.05 Å². The topological polar surface area (TPSA) is 67.3 Å². The molecular weight excluding hydrogens is 372 g/mol. The number of ketones is 1. The van der Waals surface area contributed by atoms with E-state index < -0.39 is 15.6 Å². The molecule has 2 aromatic carbocycles. The highest BCUT2D eigenvalue weighted by atomic mass is 32.2. The lowest BCUT2D eigenvalue weighted by atomic mass is 9.75. The van der Waals surface area contributed by atoms with E-state index in [1.807, 2.05) is 36.4 Å². The molecule has 0 saturated heterocycles. The summed E-state index contributed by atoms with van der Waals surface area (Å²) < 4.78 is 28.7. The van der Waals surface area contributed by atoms with Crippen molar-refractivity contribution in [3.63, 3.8) is 0 Å². The molecule has 4 rings (SSSR count). The highest BCUT2D eigenvalue weighted by Gasteiger charge is 2.49. The molecule has 0 amide bonds. The molecular formula is C22H22N2O3S. The van der Waals surface area contributed by atoms with E-state index in [4.69, 9.17) is 0 Å². The molecule has 0 unspecified atom stereocenters. The number of hydrogen-bond acceptors (Lipinski definition) is 4. The Hall–Kier alpha value is -2.57. The predicted molar refractivity (Wildman–Crippen MR) is 108 cm³/mol. The maximum absolute atomic E-state index is 13.7. The fraction of sp³-hybridized carbons (Fsp3) is 0.273. The van der Waals surface area contributed by atoms with Crippen LogP contribution in [0.1, 0.15) is 31.2 Å². The van der Waals surface area contributed by atoms with Gasteiger partial charge in [0.1, 0.15) is 5.54 Å². The van der Waals surface area contributed by atoms with Gasteiger partial charge in [0.2, 0.25) is 10.0 Å². The number of rotatable bonds is 4. The second-order valence-electron chi connectivity index (χ2n) is 7.18. The van der Waals surface area contributed by atoms with Gasteiger partial charge < -0.3 is 0 Å². The SMILES string of the molecule is CN([C@]1(c2ccccc2)CCCCC1=O)S(=O)(=O)c1cccc2cnccc12. The lowest BCUT2D eigenvalue weighted by Gasteiger charge is -2.42. The molecule has 6 heteroatoms. The summed E-state index contributed by atoms with van der Waals surface area (Å²) in [5.41, 5.74) is -0.444. The van der Waals surface area contributed by atoms with Gasteiger partial charge in [-0.15, -0.1) is 0 Å². The summed E-state index contributed by atoms with van der Waals surface area (Å²) in [5.74, 6) is -0.0436. The molecule has 0 spiro atoms. The zero-order valence-corrected chi connectivity index (χ0v) is 16.5. The van der Waals surface area contributed by atoms with E-state index in [2.05, 4.69) is 4.98 Å². The third kappa shape index (κ3) is 2.84. The highest BCUT2D eigenvalue weighted by Crippen LogP contribution is 2.42. The van der Waals surface area contributed by atoms with Crippen molar-refractivity contribution in [3.8, 4) is 0 Å². The zero-order valence-electron chi connectivity index (χ0n) is 15.7. The zero-order chi connectivity index (χ0) is 19.8. The normalized spacial score (nSPS) is 20.6. The maximum Gasteiger partial charge on any atom is 0.244 e. The number of Topliss-reactive ketones (excluding diaryl/α,β-unsaturated/α-hetero) is 1. The minimum atomic E-state index is -3.92. The van der Waals surface area contributed by atoms with Crippen molar-refractivity contribution in [2.45, 2.75) is 36.1 Å². The Morgan fingerprint density at radius 2 is 1.79 bits per heavy atom. The summed E-state index contributed by atoms with van der Waals surface area (Å²) in [6.45, 7) is 0. The van der Waals surface area contributed by atoms with E-state index in [-0.39, 0.29) is 10.7 Å². The summed E-state index contributed by atoms with van der Waals surface area (Å²) >= 11 is 0. The first-order chi connectivity index (χ1) is 13.5. The van der Waals surface area contributed by atoms with Gasteiger partial charge in [-0.3, -0.25) is 9.78 Å². The lowest BCUT2D eigenvalue weighted by Crippen LogP contribution is -2.54. The van der Waals surface area contributed by atoms with Crippen molar-refractivity contribution in [2.24, 2.45) is 0 Å². The summed E-state index contributed by atoms with van der Waals surface area (Å²) in [6.07, 6.45) is 5.69. The summed E-state index contributed by atoms with van der Waals surface area (Å²) in [4.78, 5) is 17.5. The highest BCUT2D eigenvalue weighted by molar-refractivity contribution is 7.89. The molecule has 0 N–H and O–H groups in total. The van der Waals surface area contributed by atoms with Crippen molar-refractivity contribution in [1.82, 2.24) is 9.29 Å². The van der Waals surface area contributed by atoms with E-state index >= 15 is 0 Å². The summed E-state index contributed by atoms with van der Waals surface area (Å²) in [7, 11) is -2.39. The Balaban J connectivity index is 1.91. The number of nitrogens with zero attached hydrogens (tertiary/aromatic N) is 2. The van der Waals surface area contributed by atoms with Gasteiger partial charge in [0.15, 0.2) is 5.78 Å². The Morgan fingerprint density at radius 1 is 1.00 bits per heavy atom. The van der Waals surface area contributed by atoms with Gasteiger partial charge in [-0.25, -0.2) is 8.42 Å². The van der Waals surface area contributed by atoms with Gasteiger partial charge in [0, 0.05) is 36.6 Å². The van der Waals surface area contributed by atoms with Crippen molar-refractivity contribution < 1.29 is 13.2 Å². The summed E-state index contributed by atoms with van der Waals surface area (Å²) in [5, 5.41) is 1.36. The van der Waals surface area contributed by atoms with Gasteiger partial charge in [-0.05, 0) is 30.5 Å². The number of pyridine rings is 1. The fourth-order valence-electron chi connectivity index (χ4n) is 4.22. The molecule has 1 saturated carbocycles. The first kappa shape index (κ1) is 18.8. The molecule has 1 fully saturated rings. The number of carbonyl (C=O) groups excluding carboxylic acids is 1. The lowest BCUT2D eigenvalue weighted by molar-refractivity contribution is -0.131. The number of sulfonamides is 1. The Morgan fingerprint density at radius 3 is 2.54 bits per heavy atom. The molecule has 0 radical (unpaired) electrons. The number of fused-ring (bicyclic) bond motifs is 1. The van der Waals surface area contributed by atoms with Crippen molar-refractivity contribution >= 4 is 26.6 Å². The number of carbonyl (C=O) groups is 1. The Kier molecular flexibility index (Phi) is 4.77. The van der Waals surface area contributed by atoms with E-state index in [1.165, 1.54) is 11.4 Å². The quantitative estimate of drug-likeness (QED) is 0.673. The van der Waals surface area contributed by atoms with E-state index in [1.54, 1.807) is 30.6 Å². The number of benzene rings is 2. The van der Waals surface area contributed by atoms with Crippen LogP contribution in [0.15, 0.2) is 71.9 Å². The van der Waals surface area contributed by atoms with Crippen LogP contribution in [0.4, 0.5) is 0 Å². The Labute approximate surface area is 165 Å². The average Bonchev–Trinajstić information content (AvgIpc) is 2.74. The third-order valence-corrected chi connectivity index (χ3v) is 7.67. The maximum atomic E-state index is 13.7. The minimum Gasteiger partial charge on any atom is -0.297 e. The van der Waals surface area contributed by atoms with Crippen LogP contribution in [0, 0.1) is 0 Å². The molecule has 28 heavy (non-hydrogen) atoms. The van der Waals surface area contributed by atoms with Gasteiger partial charge in [-0.1, -0.05) is 48.9 Å². The van der Waals surface area contributed by atoms with Crippen LogP contribution < -0.4 is 0 Å². The summed E-state index contributed by atoms with van der Waals surface area (Å²) in [6, 6.07) is 16.1. The molecule has 3 aromatic rings. The van der Waals surface area contributed by atoms with Crippen LogP contribution in [0.25, 0.3) is 10.8 Å². The van der Waals surface area contributed by atoms with Gasteiger partial charge in [-0.2, -0.15) is 4.31 Å². The van der Waals surface area contributed by atoms with Crippen LogP contribution in [0.5, 0.6) is 0 Å². The molecule has 1 aliphatic carbocycles. The number of aromatic nitrogens is 1. The first-order valence-corrected chi connectivity index (χ1v) is 10.8. The van der Waals surface area contributed by atoms with Crippen LogP contribution in [0.3, 0.4) is 0 Å². The number of likely N-dealkylation sites (N-methyl/N-ethyl adjacent to an activating group) is 1. The number of hydrogen-bond donors (Lipinski definition) is 0. The fourth-order valence-corrected chi connectivity index (χ4v) is 5.94. The minimum absolute atomic E-state index is 0.0436. The molecule has 1 heterocycles. The molecule has 5 nitrogen and oxygen atoms in total. The smallest absolute Gasteiger partial charge is 0.244 e. The van der Waals surface area contributed by atoms with Crippen LogP contribution in [0.2, 0.25) is 0 Å². The van der Waals surface area contributed by atoms with Crippen LogP contribution in [-0.2, 0) is 20.4 Å². The van der Waals surface area contributed by atoms with Gasteiger partial charge >= 0.3 is 0 Å². The van der Waals surface area contributed by atoms with Crippen molar-refractivity contribution in [1.29, 1.82) is 0 Å². The standard InChI is InChI=1S/C22H22N2O3S/c1-24(22(14-6-5-12-21(22)25)18-9-3-2-4-10-18)28(26,27)20-11-7-8-17-16-23-15-13-19(17)20/h2-4,7-11,13,15-16H,5-6,12,14H2,1H3/t22-/m0/s1. The van der Waals surface area contributed by atoms with Crippen LogP contribution in [-0.4, -0.2) is 30.5 Å². The second-order valence-corrected chi connectivity index (χ2v) is 9.12. The first-order valence-electron chi connectivity index (χ1n) is 9.38. The molecule has 1 aromatic heterocycles. The molecule has 0 aliphatic heterocycles. The average molecular weight is 394 g/mol. The molecule has 1 aliphatic rings.